The number of likely N-dealkylation sites (tertiary alicyclic amines) is 1. The molecule has 3 aromatic rings. The van der Waals surface area contributed by atoms with Crippen LogP contribution in [0.15, 0.2) is 51.6 Å². The van der Waals surface area contributed by atoms with Gasteiger partial charge in [0.05, 0.1) is 18.6 Å². The Balaban J connectivity index is 1.15. The predicted molar refractivity (Wildman–Crippen MR) is 121 cm³/mol. The van der Waals surface area contributed by atoms with Gasteiger partial charge in [-0.15, -0.1) is 0 Å². The van der Waals surface area contributed by atoms with Gasteiger partial charge in [-0.25, -0.2) is 0 Å². The normalized spacial score (nSPS) is 15.3. The number of benzene rings is 1. The Morgan fingerprint density at radius 3 is 2.90 bits per heavy atom. The molecule has 31 heavy (non-hydrogen) atoms. The van der Waals surface area contributed by atoms with Crippen molar-refractivity contribution >= 4 is 29.3 Å². The third-order valence-corrected chi connectivity index (χ3v) is 6.45. The summed E-state index contributed by atoms with van der Waals surface area (Å²) in [6.07, 6.45) is 3.35. The minimum absolute atomic E-state index is 0.0658. The number of rotatable bonds is 9. The largest absolute Gasteiger partial charge is 0.468 e. The lowest BCUT2D eigenvalue weighted by atomic mass is 9.96. The number of carbonyl (C=O) groups is 1. The molecule has 1 saturated heterocycles. The van der Waals surface area contributed by atoms with Crippen LogP contribution in [0, 0.1) is 5.92 Å². The fourth-order valence-corrected chi connectivity index (χ4v) is 4.51. The molecule has 1 aliphatic rings. The van der Waals surface area contributed by atoms with Crippen molar-refractivity contribution in [2.45, 2.75) is 25.1 Å². The van der Waals surface area contributed by atoms with E-state index in [9.17, 15) is 4.79 Å². The van der Waals surface area contributed by atoms with Crippen LogP contribution in [0.2, 0.25) is 5.02 Å². The molecular formula is C22H25ClN4O3S. The van der Waals surface area contributed by atoms with Crippen LogP contribution in [0.4, 0.5) is 0 Å². The summed E-state index contributed by atoms with van der Waals surface area (Å²) < 4.78 is 10.7. The number of carbonyl (C=O) groups excluding carboxylic acids is 1. The zero-order valence-electron chi connectivity index (χ0n) is 17.1. The molecule has 4 rings (SSSR count). The SMILES string of the molecule is O=C(NCCSCc1ccco1)C1CCN(Cc2nc(-c3cccc(Cl)c3)no2)CC1. The van der Waals surface area contributed by atoms with E-state index >= 15 is 0 Å². The molecule has 1 N–H and O–H groups in total. The second-order valence-corrected chi connectivity index (χ2v) is 9.04. The molecule has 7 nitrogen and oxygen atoms in total. The van der Waals surface area contributed by atoms with Crippen molar-refractivity contribution in [2.75, 3.05) is 25.4 Å². The highest BCUT2D eigenvalue weighted by Crippen LogP contribution is 2.22. The minimum Gasteiger partial charge on any atom is -0.468 e. The van der Waals surface area contributed by atoms with E-state index in [-0.39, 0.29) is 11.8 Å². The van der Waals surface area contributed by atoms with E-state index in [4.69, 9.17) is 20.5 Å². The first-order chi connectivity index (χ1) is 15.2. The van der Waals surface area contributed by atoms with Crippen molar-refractivity contribution in [3.05, 3.63) is 59.3 Å². The molecule has 0 atom stereocenters. The average Bonchev–Trinajstić information content (AvgIpc) is 3.46. The first kappa shape index (κ1) is 21.9. The first-order valence-corrected chi connectivity index (χ1v) is 11.9. The second kappa shape index (κ2) is 10.8. The Kier molecular flexibility index (Phi) is 7.66. The maximum atomic E-state index is 12.4. The minimum atomic E-state index is 0.0658. The van der Waals surface area contributed by atoms with Gasteiger partial charge in [0.15, 0.2) is 0 Å². The number of furan rings is 1. The number of nitrogens with zero attached hydrogens (tertiary/aromatic N) is 3. The quantitative estimate of drug-likeness (QED) is 0.478. The van der Waals surface area contributed by atoms with Crippen molar-refractivity contribution in [1.29, 1.82) is 0 Å². The molecule has 0 unspecified atom stereocenters. The third-order valence-electron chi connectivity index (χ3n) is 5.24. The zero-order chi connectivity index (χ0) is 21.5. The summed E-state index contributed by atoms with van der Waals surface area (Å²) in [5.41, 5.74) is 0.834. The number of hydrogen-bond acceptors (Lipinski definition) is 7. The number of thioether (sulfide) groups is 1. The topological polar surface area (TPSA) is 84.4 Å². The van der Waals surface area contributed by atoms with Gasteiger partial charge in [0.2, 0.25) is 17.6 Å². The molecule has 1 aromatic carbocycles. The lowest BCUT2D eigenvalue weighted by molar-refractivity contribution is -0.126. The summed E-state index contributed by atoms with van der Waals surface area (Å²) in [4.78, 5) is 19.2. The van der Waals surface area contributed by atoms with Gasteiger partial charge >= 0.3 is 0 Å². The molecule has 164 valence electrons. The summed E-state index contributed by atoms with van der Waals surface area (Å²) in [6.45, 7) is 2.93. The van der Waals surface area contributed by atoms with E-state index in [1.807, 2.05) is 36.4 Å². The van der Waals surface area contributed by atoms with E-state index in [0.29, 0.717) is 29.8 Å². The third kappa shape index (κ3) is 6.35. The van der Waals surface area contributed by atoms with Gasteiger partial charge in [-0.1, -0.05) is 28.9 Å². The lowest BCUT2D eigenvalue weighted by Crippen LogP contribution is -2.40. The number of nitrogens with one attached hydrogen (secondary N) is 1. The Morgan fingerprint density at radius 2 is 2.13 bits per heavy atom. The summed E-state index contributed by atoms with van der Waals surface area (Å²) in [6, 6.07) is 11.2. The molecular weight excluding hydrogens is 436 g/mol. The highest BCUT2D eigenvalue weighted by atomic mass is 35.5. The van der Waals surface area contributed by atoms with Crippen LogP contribution in [0.5, 0.6) is 0 Å². The van der Waals surface area contributed by atoms with Crippen LogP contribution in [-0.4, -0.2) is 46.3 Å². The number of amides is 1. The van der Waals surface area contributed by atoms with Gasteiger partial charge in [-0.05, 0) is 50.2 Å². The Labute approximate surface area is 190 Å². The molecule has 0 bridgehead atoms. The van der Waals surface area contributed by atoms with Gasteiger partial charge in [0.1, 0.15) is 5.76 Å². The van der Waals surface area contributed by atoms with Crippen molar-refractivity contribution < 1.29 is 13.7 Å². The molecule has 0 spiro atoms. The van der Waals surface area contributed by atoms with E-state index in [2.05, 4.69) is 20.4 Å². The number of halogens is 1. The van der Waals surface area contributed by atoms with Gasteiger partial charge < -0.3 is 14.3 Å². The molecule has 2 aromatic heterocycles. The van der Waals surface area contributed by atoms with Crippen LogP contribution < -0.4 is 5.32 Å². The number of piperidine rings is 1. The fourth-order valence-electron chi connectivity index (χ4n) is 3.57. The Hall–Kier alpha value is -2.29. The Morgan fingerprint density at radius 1 is 1.26 bits per heavy atom. The molecule has 0 aliphatic carbocycles. The second-order valence-electron chi connectivity index (χ2n) is 7.50. The number of aromatic nitrogens is 2. The summed E-state index contributed by atoms with van der Waals surface area (Å²) >= 11 is 7.79. The van der Waals surface area contributed by atoms with Crippen LogP contribution in [0.1, 0.15) is 24.5 Å². The standard InChI is InChI=1S/C22H25ClN4O3S/c23-18-4-1-3-17(13-18)21-25-20(30-26-21)14-27-9-6-16(7-10-27)22(28)24-8-12-31-15-19-5-2-11-29-19/h1-5,11,13,16H,6-10,12,14-15H2,(H,24,28). The predicted octanol–water partition coefficient (Wildman–Crippen LogP) is 4.24. The monoisotopic (exact) mass is 460 g/mol. The first-order valence-electron chi connectivity index (χ1n) is 10.4. The summed E-state index contributed by atoms with van der Waals surface area (Å²) in [7, 11) is 0. The maximum absolute atomic E-state index is 12.4. The molecule has 3 heterocycles. The van der Waals surface area contributed by atoms with Crippen LogP contribution in [0.3, 0.4) is 0 Å². The van der Waals surface area contributed by atoms with Gasteiger partial charge in [0.25, 0.3) is 0 Å². The van der Waals surface area contributed by atoms with Crippen molar-refractivity contribution in [2.24, 2.45) is 5.92 Å². The average molecular weight is 461 g/mol. The van der Waals surface area contributed by atoms with E-state index in [1.165, 1.54) is 0 Å². The number of hydrogen-bond donors (Lipinski definition) is 1. The van der Waals surface area contributed by atoms with Gasteiger partial charge in [-0.2, -0.15) is 16.7 Å². The highest BCUT2D eigenvalue weighted by molar-refractivity contribution is 7.98. The highest BCUT2D eigenvalue weighted by Gasteiger charge is 2.25. The van der Waals surface area contributed by atoms with Gasteiger partial charge in [0, 0.05) is 28.8 Å². The van der Waals surface area contributed by atoms with Crippen LogP contribution in [-0.2, 0) is 17.1 Å². The Bertz CT molecular complexity index is 971. The summed E-state index contributed by atoms with van der Waals surface area (Å²) in [5, 5.41) is 7.76. The fraction of sp³-hybridized carbons (Fsp3) is 0.409. The smallest absolute Gasteiger partial charge is 0.241 e. The van der Waals surface area contributed by atoms with Crippen molar-refractivity contribution in [1.82, 2.24) is 20.4 Å². The molecule has 1 fully saturated rings. The van der Waals surface area contributed by atoms with Gasteiger partial charge in [-0.3, -0.25) is 9.69 Å². The molecule has 1 aliphatic heterocycles. The van der Waals surface area contributed by atoms with Crippen LogP contribution in [0.25, 0.3) is 11.4 Å². The molecule has 0 radical (unpaired) electrons. The van der Waals surface area contributed by atoms with E-state index in [1.54, 1.807) is 18.0 Å². The lowest BCUT2D eigenvalue weighted by Gasteiger charge is -2.30. The maximum Gasteiger partial charge on any atom is 0.241 e. The van der Waals surface area contributed by atoms with Crippen molar-refractivity contribution in [3.63, 3.8) is 0 Å². The summed E-state index contributed by atoms with van der Waals surface area (Å²) in [5.74, 6) is 4.00. The molecule has 0 saturated carbocycles. The zero-order valence-corrected chi connectivity index (χ0v) is 18.7. The van der Waals surface area contributed by atoms with E-state index in [0.717, 1.165) is 48.8 Å². The molecule has 1 amide bonds. The van der Waals surface area contributed by atoms with Crippen LogP contribution >= 0.6 is 23.4 Å². The van der Waals surface area contributed by atoms with Crippen molar-refractivity contribution in [3.8, 4) is 11.4 Å². The van der Waals surface area contributed by atoms with E-state index < -0.39 is 0 Å². The molecule has 9 heteroatoms.